The lowest BCUT2D eigenvalue weighted by Crippen LogP contribution is -2.15. The van der Waals surface area contributed by atoms with Crippen LogP contribution in [0, 0.1) is 0 Å². The lowest BCUT2D eigenvalue weighted by atomic mass is 10.2. The number of hydrogen-bond acceptors (Lipinski definition) is 5. The number of halogens is 1. The SMILES string of the molecule is CC(=O)Nc1cccc(-n2c(SCC(=O)Nc3ccccc3Br)nnc2C2CC2)c1. The van der Waals surface area contributed by atoms with Crippen molar-refractivity contribution in [1.29, 1.82) is 0 Å². The summed E-state index contributed by atoms with van der Waals surface area (Å²) in [5, 5.41) is 15.1. The van der Waals surface area contributed by atoms with Gasteiger partial charge >= 0.3 is 0 Å². The summed E-state index contributed by atoms with van der Waals surface area (Å²) in [7, 11) is 0. The molecular weight excluding hydrogens is 466 g/mol. The van der Waals surface area contributed by atoms with Crippen LogP contribution in [0.2, 0.25) is 0 Å². The van der Waals surface area contributed by atoms with E-state index in [0.717, 1.165) is 34.5 Å². The minimum absolute atomic E-state index is 0.124. The van der Waals surface area contributed by atoms with E-state index in [4.69, 9.17) is 0 Å². The van der Waals surface area contributed by atoms with Crippen LogP contribution in [-0.4, -0.2) is 32.3 Å². The molecule has 0 unspecified atom stereocenters. The molecule has 1 aromatic heterocycles. The summed E-state index contributed by atoms with van der Waals surface area (Å²) < 4.78 is 2.82. The van der Waals surface area contributed by atoms with Gasteiger partial charge < -0.3 is 10.6 Å². The van der Waals surface area contributed by atoms with Crippen LogP contribution in [0.1, 0.15) is 31.5 Å². The average molecular weight is 486 g/mol. The molecule has 1 fully saturated rings. The lowest BCUT2D eigenvalue weighted by molar-refractivity contribution is -0.114. The second-order valence-corrected chi connectivity index (χ2v) is 8.80. The molecule has 2 aromatic carbocycles. The number of rotatable bonds is 7. The molecule has 3 aromatic rings. The minimum Gasteiger partial charge on any atom is -0.326 e. The Kier molecular flexibility index (Phi) is 6.19. The van der Waals surface area contributed by atoms with Crippen LogP contribution in [0.25, 0.3) is 5.69 Å². The van der Waals surface area contributed by atoms with Crippen molar-refractivity contribution in [3.05, 3.63) is 58.8 Å². The van der Waals surface area contributed by atoms with Crippen molar-refractivity contribution < 1.29 is 9.59 Å². The van der Waals surface area contributed by atoms with Crippen molar-refractivity contribution in [2.24, 2.45) is 0 Å². The van der Waals surface area contributed by atoms with E-state index >= 15 is 0 Å². The molecule has 4 rings (SSSR count). The largest absolute Gasteiger partial charge is 0.326 e. The van der Waals surface area contributed by atoms with Crippen molar-refractivity contribution in [3.8, 4) is 5.69 Å². The molecule has 1 aliphatic carbocycles. The summed E-state index contributed by atoms with van der Waals surface area (Å²) in [4.78, 5) is 23.9. The Bertz CT molecular complexity index is 1100. The van der Waals surface area contributed by atoms with E-state index in [9.17, 15) is 9.59 Å². The Labute approximate surface area is 186 Å². The highest BCUT2D eigenvalue weighted by Gasteiger charge is 2.31. The maximum Gasteiger partial charge on any atom is 0.234 e. The number of thioether (sulfide) groups is 1. The molecular formula is C21H20BrN5O2S. The quantitative estimate of drug-likeness (QED) is 0.477. The van der Waals surface area contributed by atoms with Crippen LogP contribution in [0.3, 0.4) is 0 Å². The van der Waals surface area contributed by atoms with Crippen LogP contribution in [0.5, 0.6) is 0 Å². The predicted octanol–water partition coefficient (Wildman–Crippen LogP) is 4.60. The van der Waals surface area contributed by atoms with Gasteiger partial charge in [0.25, 0.3) is 0 Å². The standard InChI is InChI=1S/C21H20BrN5O2S/c1-13(28)23-15-5-4-6-16(11-15)27-20(14-9-10-14)25-26-21(27)30-12-19(29)24-18-8-3-2-7-17(18)22/h2-8,11,14H,9-10,12H2,1H3,(H,23,28)(H,24,29). The number of anilines is 2. The maximum atomic E-state index is 12.5. The zero-order chi connectivity index (χ0) is 21.1. The lowest BCUT2D eigenvalue weighted by Gasteiger charge is -2.12. The van der Waals surface area contributed by atoms with Crippen LogP contribution in [0.15, 0.2) is 58.2 Å². The average Bonchev–Trinajstić information content (AvgIpc) is 3.47. The highest BCUT2D eigenvalue weighted by molar-refractivity contribution is 9.10. The summed E-state index contributed by atoms with van der Waals surface area (Å²) in [6.45, 7) is 1.48. The Balaban J connectivity index is 1.54. The van der Waals surface area contributed by atoms with Crippen LogP contribution in [-0.2, 0) is 9.59 Å². The van der Waals surface area contributed by atoms with E-state index in [1.807, 2.05) is 53.1 Å². The number of amides is 2. The zero-order valence-corrected chi connectivity index (χ0v) is 18.7. The van der Waals surface area contributed by atoms with E-state index in [1.165, 1.54) is 18.7 Å². The number of carbonyl (C=O) groups is 2. The van der Waals surface area contributed by atoms with Crippen molar-refractivity contribution in [2.75, 3.05) is 16.4 Å². The van der Waals surface area contributed by atoms with Crippen LogP contribution in [0.4, 0.5) is 11.4 Å². The van der Waals surface area contributed by atoms with Crippen molar-refractivity contribution in [3.63, 3.8) is 0 Å². The van der Waals surface area contributed by atoms with Crippen molar-refractivity contribution in [2.45, 2.75) is 30.8 Å². The third kappa shape index (κ3) is 4.91. The predicted molar refractivity (Wildman–Crippen MR) is 121 cm³/mol. The fraction of sp³-hybridized carbons (Fsp3) is 0.238. The molecule has 2 N–H and O–H groups in total. The minimum atomic E-state index is -0.128. The molecule has 1 saturated carbocycles. The van der Waals surface area contributed by atoms with E-state index in [2.05, 4.69) is 36.8 Å². The van der Waals surface area contributed by atoms with Gasteiger partial charge in [0.2, 0.25) is 11.8 Å². The Morgan fingerprint density at radius 1 is 1.13 bits per heavy atom. The Hall–Kier alpha value is -2.65. The molecule has 30 heavy (non-hydrogen) atoms. The Morgan fingerprint density at radius 3 is 2.67 bits per heavy atom. The first-order valence-corrected chi connectivity index (χ1v) is 11.3. The number of hydrogen-bond donors (Lipinski definition) is 2. The van der Waals surface area contributed by atoms with E-state index in [-0.39, 0.29) is 17.6 Å². The summed E-state index contributed by atoms with van der Waals surface area (Å²) >= 11 is 4.77. The van der Waals surface area contributed by atoms with Gasteiger partial charge in [-0.1, -0.05) is 30.0 Å². The number of nitrogens with one attached hydrogen (secondary N) is 2. The maximum absolute atomic E-state index is 12.5. The van der Waals surface area contributed by atoms with E-state index in [1.54, 1.807) is 0 Å². The highest BCUT2D eigenvalue weighted by atomic mass is 79.9. The van der Waals surface area contributed by atoms with Gasteiger partial charge in [0.1, 0.15) is 5.82 Å². The number of benzene rings is 2. The molecule has 0 saturated heterocycles. The highest BCUT2D eigenvalue weighted by Crippen LogP contribution is 2.41. The molecule has 0 spiro atoms. The number of carbonyl (C=O) groups excluding carboxylic acids is 2. The first-order chi connectivity index (χ1) is 14.5. The van der Waals surface area contributed by atoms with Crippen LogP contribution < -0.4 is 10.6 Å². The van der Waals surface area contributed by atoms with Gasteiger partial charge in [-0.3, -0.25) is 14.2 Å². The summed E-state index contributed by atoms with van der Waals surface area (Å²) in [5.74, 6) is 1.22. The fourth-order valence-electron chi connectivity index (χ4n) is 3.03. The topological polar surface area (TPSA) is 88.9 Å². The van der Waals surface area contributed by atoms with Gasteiger partial charge in [-0.15, -0.1) is 10.2 Å². The van der Waals surface area contributed by atoms with Crippen LogP contribution >= 0.6 is 27.7 Å². The van der Waals surface area contributed by atoms with E-state index < -0.39 is 0 Å². The van der Waals surface area contributed by atoms with Gasteiger partial charge in [0.15, 0.2) is 5.16 Å². The summed E-state index contributed by atoms with van der Waals surface area (Å²) in [6.07, 6.45) is 2.16. The smallest absolute Gasteiger partial charge is 0.234 e. The third-order valence-corrected chi connectivity index (χ3v) is 6.13. The van der Waals surface area contributed by atoms with Gasteiger partial charge in [-0.25, -0.2) is 0 Å². The van der Waals surface area contributed by atoms with Gasteiger partial charge in [-0.05, 0) is 59.1 Å². The van der Waals surface area contributed by atoms with Crippen molar-refractivity contribution >= 4 is 50.9 Å². The number of aromatic nitrogens is 3. The summed E-state index contributed by atoms with van der Waals surface area (Å²) in [5.41, 5.74) is 2.30. The fourth-order valence-corrected chi connectivity index (χ4v) is 4.17. The second kappa shape index (κ2) is 9.01. The van der Waals surface area contributed by atoms with Crippen molar-refractivity contribution in [1.82, 2.24) is 14.8 Å². The second-order valence-electron chi connectivity index (χ2n) is 7.00. The third-order valence-electron chi connectivity index (χ3n) is 4.51. The summed E-state index contributed by atoms with van der Waals surface area (Å²) in [6, 6.07) is 15.0. The Morgan fingerprint density at radius 2 is 1.93 bits per heavy atom. The normalized spacial score (nSPS) is 13.1. The van der Waals surface area contributed by atoms with Gasteiger partial charge in [0, 0.05) is 23.0 Å². The van der Waals surface area contributed by atoms with Gasteiger partial charge in [0.05, 0.1) is 17.1 Å². The molecule has 7 nitrogen and oxygen atoms in total. The number of para-hydroxylation sites is 1. The molecule has 0 aliphatic heterocycles. The molecule has 0 atom stereocenters. The number of nitrogens with zero attached hydrogens (tertiary/aromatic N) is 3. The first kappa shape index (κ1) is 20.6. The molecule has 0 radical (unpaired) electrons. The molecule has 2 amide bonds. The molecule has 1 heterocycles. The molecule has 9 heteroatoms. The molecule has 154 valence electrons. The van der Waals surface area contributed by atoms with Gasteiger partial charge in [-0.2, -0.15) is 0 Å². The molecule has 1 aliphatic rings. The molecule has 0 bridgehead atoms. The first-order valence-electron chi connectivity index (χ1n) is 9.52. The van der Waals surface area contributed by atoms with E-state index in [0.29, 0.717) is 16.8 Å². The zero-order valence-electron chi connectivity index (χ0n) is 16.3. The monoisotopic (exact) mass is 485 g/mol.